The minimum Gasteiger partial charge on any atom is -0.488 e. The van der Waals surface area contributed by atoms with Gasteiger partial charge in [-0.1, -0.05) is 58.0 Å². The Morgan fingerprint density at radius 2 is 1.59 bits per heavy atom. The monoisotopic (exact) mass is 886 g/mol. The quantitative estimate of drug-likeness (QED) is 0.165. The number of hydrogen-bond acceptors (Lipinski definition) is 12. The first kappa shape index (κ1) is 50.5. The van der Waals surface area contributed by atoms with Crippen molar-refractivity contribution in [1.29, 1.82) is 0 Å². The van der Waals surface area contributed by atoms with Crippen molar-refractivity contribution < 1.29 is 62.2 Å². The van der Waals surface area contributed by atoms with Gasteiger partial charge in [-0.15, -0.1) is 0 Å². The molecule has 63 heavy (non-hydrogen) atoms. The molecule has 1 aliphatic carbocycles. The minimum atomic E-state index is -2.60. The molecule has 3 aliphatic heterocycles. The predicted octanol–water partition coefficient (Wildman–Crippen LogP) is 6.51. The Bertz CT molecular complexity index is 1770. The lowest BCUT2D eigenvalue weighted by Gasteiger charge is -2.47. The molecule has 2 N–H and O–H groups in total. The number of ketones is 2. The molecular weight excluding hydrogens is 814 g/mol. The van der Waals surface area contributed by atoms with Crippen LogP contribution in [-0.2, 0) is 42.9 Å². The number of aliphatic hydroxyl groups is 2. The van der Waals surface area contributed by atoms with Crippen LogP contribution in [0.2, 0.25) is 0 Å². The van der Waals surface area contributed by atoms with E-state index in [9.17, 15) is 29.4 Å². The molecule has 14 heteroatoms. The van der Waals surface area contributed by atoms with Crippen molar-refractivity contribution in [3.05, 3.63) is 53.6 Å². The van der Waals surface area contributed by atoms with Gasteiger partial charge in [0.1, 0.15) is 42.1 Å². The summed E-state index contributed by atoms with van der Waals surface area (Å²) in [5, 5.41) is 23.9. The first-order valence-electron chi connectivity index (χ1n) is 22.9. The number of benzene rings is 1. The zero-order valence-electron chi connectivity index (χ0n) is 38.7. The summed E-state index contributed by atoms with van der Waals surface area (Å²) < 4.78 is 52.6. The number of carbonyl (C=O) groups excluding carboxylic acids is 4. The van der Waals surface area contributed by atoms with Crippen LogP contribution in [0.3, 0.4) is 0 Å². The number of nitrogens with zero attached hydrogens (tertiary/aromatic N) is 1. The van der Waals surface area contributed by atoms with Gasteiger partial charge < -0.3 is 43.5 Å². The smallest absolute Gasteiger partial charge is 0.329 e. The summed E-state index contributed by atoms with van der Waals surface area (Å²) >= 11 is 0. The third-order valence-corrected chi connectivity index (χ3v) is 14.1. The molecule has 1 aromatic carbocycles. The molecule has 1 aromatic rings. The van der Waals surface area contributed by atoms with Crippen LogP contribution in [0.4, 0.5) is 4.39 Å². The van der Waals surface area contributed by atoms with Gasteiger partial charge in [-0.2, -0.15) is 0 Å². The number of esters is 1. The second kappa shape index (κ2) is 22.6. The van der Waals surface area contributed by atoms with E-state index < -0.39 is 89.9 Å². The Kier molecular flexibility index (Phi) is 18.1. The van der Waals surface area contributed by atoms with Gasteiger partial charge in [0.25, 0.3) is 11.7 Å². The van der Waals surface area contributed by atoms with Crippen LogP contribution >= 0.6 is 0 Å². The SMILES string of the molecule is CCC1C=C(C)C(F)C(C)CC(OC)C2OC(O)(C(=O)C(=O)N3CCCCC3C(=O)OC(C(C)=CC3CCC(Oc4ccccc4)C(OC)C3)C(C)C(O)CC1=O)C(C)CC2OC. The van der Waals surface area contributed by atoms with Gasteiger partial charge in [-0.05, 0) is 107 Å². The maximum Gasteiger partial charge on any atom is 0.329 e. The van der Waals surface area contributed by atoms with Gasteiger partial charge >= 0.3 is 5.97 Å². The predicted molar refractivity (Wildman–Crippen MR) is 233 cm³/mol. The lowest BCUT2D eigenvalue weighted by Crippen LogP contribution is -2.64. The van der Waals surface area contributed by atoms with E-state index in [0.29, 0.717) is 43.3 Å². The van der Waals surface area contributed by atoms with E-state index >= 15 is 4.39 Å². The summed E-state index contributed by atoms with van der Waals surface area (Å²) in [4.78, 5) is 58.2. The first-order valence-corrected chi connectivity index (χ1v) is 22.9. The third kappa shape index (κ3) is 11.8. The van der Waals surface area contributed by atoms with Gasteiger partial charge in [0.15, 0.2) is 0 Å². The highest BCUT2D eigenvalue weighted by Crippen LogP contribution is 2.40. The third-order valence-electron chi connectivity index (χ3n) is 14.1. The molecule has 0 aromatic heterocycles. The van der Waals surface area contributed by atoms with Gasteiger partial charge in [-0.3, -0.25) is 14.4 Å². The summed E-state index contributed by atoms with van der Waals surface area (Å²) in [5.41, 5.74) is 0.986. The number of cyclic esters (lactones) is 1. The average molecular weight is 886 g/mol. The fraction of sp³-hybridized carbons (Fsp3) is 0.714. The molecule has 1 amide bonds. The maximum absolute atomic E-state index is 16.3. The molecular formula is C49H72FNO12. The number of rotatable bonds is 8. The number of hydrogen-bond donors (Lipinski definition) is 2. The zero-order valence-corrected chi connectivity index (χ0v) is 38.7. The number of methoxy groups -OCH3 is 3. The van der Waals surface area contributed by atoms with Crippen molar-refractivity contribution >= 4 is 23.4 Å². The van der Waals surface area contributed by atoms with Crippen molar-refractivity contribution in [2.45, 2.75) is 166 Å². The van der Waals surface area contributed by atoms with Crippen LogP contribution in [0.5, 0.6) is 5.75 Å². The van der Waals surface area contributed by atoms with Gasteiger partial charge in [0, 0.05) is 52.0 Å². The molecule has 13 nitrogen and oxygen atoms in total. The van der Waals surface area contributed by atoms with Gasteiger partial charge in [0.05, 0.1) is 24.4 Å². The van der Waals surface area contributed by atoms with Crippen molar-refractivity contribution in [2.75, 3.05) is 27.9 Å². The van der Waals surface area contributed by atoms with Crippen molar-refractivity contribution in [3.8, 4) is 5.75 Å². The Morgan fingerprint density at radius 3 is 2.24 bits per heavy atom. The maximum atomic E-state index is 16.3. The largest absolute Gasteiger partial charge is 0.488 e. The van der Waals surface area contributed by atoms with Gasteiger partial charge in [0.2, 0.25) is 5.79 Å². The van der Waals surface area contributed by atoms with Crippen LogP contribution in [0.25, 0.3) is 0 Å². The average Bonchev–Trinajstić information content (AvgIpc) is 3.28. The number of piperidine rings is 1. The lowest BCUT2D eigenvalue weighted by molar-refractivity contribution is -0.302. The molecule has 1 saturated carbocycles. The molecule has 3 heterocycles. The van der Waals surface area contributed by atoms with Crippen molar-refractivity contribution in [1.82, 2.24) is 4.90 Å². The van der Waals surface area contributed by atoms with E-state index in [-0.39, 0.29) is 56.1 Å². The molecule has 352 valence electrons. The standard InChI is InChI=1S/C49H72FNO12/c1-10-34-23-28(2)43(50)29(3)24-41(59-8)45-42(60-9)25-31(5)49(57,63-45)46(54)47(55)51-21-15-14-18-36(51)48(56)62-44(32(6)37(52)27-38(34)53)30(4)22-33-19-20-39(40(26-33)58-7)61-35-16-12-11-13-17-35/h11-13,16-17,22-23,29,31-34,36-37,39-45,52,57H,10,14-15,18-21,24-27H2,1-9H3. The summed E-state index contributed by atoms with van der Waals surface area (Å²) in [6.45, 7) is 10.3. The van der Waals surface area contributed by atoms with Crippen LogP contribution in [0, 0.1) is 29.6 Å². The van der Waals surface area contributed by atoms with E-state index in [0.717, 1.165) is 17.1 Å². The van der Waals surface area contributed by atoms with Crippen LogP contribution in [0.1, 0.15) is 106 Å². The summed E-state index contributed by atoms with van der Waals surface area (Å²) in [7, 11) is 4.54. The number of ether oxygens (including phenoxy) is 6. The minimum absolute atomic E-state index is 0.00291. The van der Waals surface area contributed by atoms with E-state index in [1.165, 1.54) is 14.2 Å². The van der Waals surface area contributed by atoms with Gasteiger partial charge in [-0.25, -0.2) is 9.18 Å². The van der Waals surface area contributed by atoms with Crippen LogP contribution < -0.4 is 4.74 Å². The van der Waals surface area contributed by atoms with E-state index in [1.807, 2.05) is 50.3 Å². The number of para-hydroxylation sites is 1. The molecule has 15 atom stereocenters. The Morgan fingerprint density at radius 1 is 0.921 bits per heavy atom. The fourth-order valence-corrected chi connectivity index (χ4v) is 10.1. The molecule has 0 spiro atoms. The second-order valence-electron chi connectivity index (χ2n) is 18.5. The molecule has 2 bridgehead atoms. The topological polar surface area (TPSA) is 167 Å². The summed E-state index contributed by atoms with van der Waals surface area (Å²) in [5.74, 6) is -8.27. The number of amides is 1. The molecule has 0 radical (unpaired) electrons. The van der Waals surface area contributed by atoms with Crippen molar-refractivity contribution in [3.63, 3.8) is 0 Å². The molecule has 3 fully saturated rings. The number of aliphatic hydroxyl groups excluding tert-OH is 1. The molecule has 15 unspecified atom stereocenters. The van der Waals surface area contributed by atoms with Crippen molar-refractivity contribution in [2.24, 2.45) is 29.6 Å². The highest BCUT2D eigenvalue weighted by molar-refractivity contribution is 6.39. The van der Waals surface area contributed by atoms with E-state index in [2.05, 4.69) is 0 Å². The highest BCUT2D eigenvalue weighted by atomic mass is 19.1. The second-order valence-corrected chi connectivity index (χ2v) is 18.5. The number of Topliss-reactive ketones (excluding diaryl/α,β-unsaturated/α-hetero) is 2. The molecule has 4 aliphatic rings. The van der Waals surface area contributed by atoms with E-state index in [4.69, 9.17) is 28.4 Å². The lowest BCUT2D eigenvalue weighted by atomic mass is 9.81. The zero-order chi connectivity index (χ0) is 46.2. The summed E-state index contributed by atoms with van der Waals surface area (Å²) in [6.07, 6.45) is 0.501. The Balaban J connectivity index is 1.51. The van der Waals surface area contributed by atoms with Crippen LogP contribution in [0.15, 0.2) is 53.6 Å². The number of carbonyl (C=O) groups is 4. The van der Waals surface area contributed by atoms with Crippen LogP contribution in [-0.4, -0.2) is 127 Å². The first-order chi connectivity index (χ1) is 30.0. The molecule has 2 saturated heterocycles. The van der Waals surface area contributed by atoms with E-state index in [1.54, 1.807) is 40.9 Å². The Labute approximate surface area is 373 Å². The fourth-order valence-electron chi connectivity index (χ4n) is 10.1. The number of alkyl halides is 1. The Hall–Kier alpha value is -3.53. The normalized spacial score (nSPS) is 38.5. The summed E-state index contributed by atoms with van der Waals surface area (Å²) in [6, 6.07) is 8.39. The number of fused-ring (bicyclic) bond motifs is 3. The number of halogens is 1. The molecule has 5 rings (SSSR count). The highest BCUT2D eigenvalue weighted by Gasteiger charge is 2.57. The number of allylic oxidation sites excluding steroid dienone is 3.